The number of rotatable bonds is 9. The van der Waals surface area contributed by atoms with Crippen LogP contribution >= 0.6 is 39.1 Å². The van der Waals surface area contributed by atoms with Gasteiger partial charge in [-0.05, 0) is 78.0 Å². The van der Waals surface area contributed by atoms with Gasteiger partial charge in [0.2, 0.25) is 5.91 Å². The topological polar surface area (TPSA) is 58.6 Å². The van der Waals surface area contributed by atoms with Gasteiger partial charge in [0.05, 0.1) is 14.5 Å². The first-order valence-electron chi connectivity index (χ1n) is 10.5. The Hall–Kier alpha value is -1.76. The molecule has 0 fully saturated rings. The molecule has 1 atom stereocenters. The molecule has 0 spiro atoms. The molecule has 2 amide bonds. The summed E-state index contributed by atoms with van der Waals surface area (Å²) in [7, 11) is 0. The minimum absolute atomic E-state index is 0.0430. The van der Waals surface area contributed by atoms with E-state index in [0.29, 0.717) is 21.7 Å². The van der Waals surface area contributed by atoms with E-state index in [1.165, 1.54) is 4.90 Å². The van der Waals surface area contributed by atoms with Crippen molar-refractivity contribution in [1.82, 2.24) is 10.2 Å². The number of amides is 2. The molecule has 0 unspecified atom stereocenters. The largest absolute Gasteiger partial charge is 0.483 e. The van der Waals surface area contributed by atoms with Gasteiger partial charge in [-0.3, -0.25) is 9.59 Å². The fourth-order valence-corrected chi connectivity index (χ4v) is 3.87. The Morgan fingerprint density at radius 2 is 1.72 bits per heavy atom. The van der Waals surface area contributed by atoms with Gasteiger partial charge in [-0.1, -0.05) is 49.2 Å². The van der Waals surface area contributed by atoms with Crippen molar-refractivity contribution in [2.24, 2.45) is 0 Å². The van der Waals surface area contributed by atoms with E-state index in [-0.39, 0.29) is 31.0 Å². The number of nitrogens with one attached hydrogen (secondary N) is 1. The Morgan fingerprint density at radius 3 is 2.28 bits per heavy atom. The Kier molecular flexibility index (Phi) is 9.86. The molecular formula is C24H29BrCl2N2O3. The molecule has 0 saturated carbocycles. The van der Waals surface area contributed by atoms with Crippen LogP contribution in [0, 0.1) is 0 Å². The summed E-state index contributed by atoms with van der Waals surface area (Å²) in [6.45, 7) is 9.64. The Balaban J connectivity index is 2.20. The molecule has 32 heavy (non-hydrogen) atoms. The maximum absolute atomic E-state index is 13.1. The van der Waals surface area contributed by atoms with E-state index in [1.807, 2.05) is 32.0 Å². The van der Waals surface area contributed by atoms with Gasteiger partial charge in [0.25, 0.3) is 5.91 Å². The smallest absolute Gasteiger partial charge is 0.261 e. The summed E-state index contributed by atoms with van der Waals surface area (Å²) in [4.78, 5) is 27.3. The summed E-state index contributed by atoms with van der Waals surface area (Å²) in [5.74, 6) is 0.388. The van der Waals surface area contributed by atoms with Gasteiger partial charge in [-0.15, -0.1) is 0 Å². The minimum atomic E-state index is -0.699. The summed E-state index contributed by atoms with van der Waals surface area (Å²) in [5, 5.41) is 3.67. The highest BCUT2D eigenvalue weighted by molar-refractivity contribution is 9.10. The first-order valence-corrected chi connectivity index (χ1v) is 12.0. The monoisotopic (exact) mass is 542 g/mol. The number of carbonyl (C=O) groups is 2. The lowest BCUT2D eigenvalue weighted by Crippen LogP contribution is -2.50. The molecule has 174 valence electrons. The lowest BCUT2D eigenvalue weighted by molar-refractivity contribution is -0.142. The third-order valence-electron chi connectivity index (χ3n) is 4.91. The molecule has 5 nitrogen and oxygen atoms in total. The van der Waals surface area contributed by atoms with E-state index in [2.05, 4.69) is 35.1 Å². The van der Waals surface area contributed by atoms with Gasteiger partial charge in [0, 0.05) is 12.6 Å². The fourth-order valence-electron chi connectivity index (χ4n) is 3.04. The first kappa shape index (κ1) is 26.5. The Morgan fingerprint density at radius 1 is 1.03 bits per heavy atom. The molecule has 1 N–H and O–H groups in total. The van der Waals surface area contributed by atoms with Gasteiger partial charge in [-0.2, -0.15) is 0 Å². The number of hydrogen-bond donors (Lipinski definition) is 1. The van der Waals surface area contributed by atoms with Crippen LogP contribution in [-0.4, -0.2) is 35.4 Å². The molecule has 0 radical (unpaired) electrons. The molecule has 2 aromatic carbocycles. The Bertz CT molecular complexity index is 966. The van der Waals surface area contributed by atoms with E-state index in [4.69, 9.17) is 27.9 Å². The van der Waals surface area contributed by atoms with E-state index in [9.17, 15) is 9.59 Å². The summed E-state index contributed by atoms with van der Waals surface area (Å²) in [6.07, 6.45) is 0. The van der Waals surface area contributed by atoms with Crippen LogP contribution in [0.1, 0.15) is 51.7 Å². The maximum atomic E-state index is 13.1. The third kappa shape index (κ3) is 7.39. The van der Waals surface area contributed by atoms with Crippen LogP contribution in [0.5, 0.6) is 5.75 Å². The molecule has 0 heterocycles. The fraction of sp³-hybridized carbons (Fsp3) is 0.417. The molecule has 2 aromatic rings. The second-order valence-electron chi connectivity index (χ2n) is 8.24. The van der Waals surface area contributed by atoms with Crippen LogP contribution in [-0.2, 0) is 16.1 Å². The third-order valence-corrected chi connectivity index (χ3v) is 6.27. The van der Waals surface area contributed by atoms with Crippen molar-refractivity contribution in [2.75, 3.05) is 6.61 Å². The number of carbonyl (C=O) groups excluding carboxylic acids is 2. The van der Waals surface area contributed by atoms with Crippen LogP contribution < -0.4 is 10.1 Å². The van der Waals surface area contributed by atoms with Gasteiger partial charge in [0.15, 0.2) is 6.61 Å². The molecule has 0 aliphatic heterocycles. The van der Waals surface area contributed by atoms with E-state index in [1.54, 1.807) is 25.1 Å². The summed E-state index contributed by atoms with van der Waals surface area (Å²) < 4.78 is 6.56. The predicted octanol–water partition coefficient (Wildman–Crippen LogP) is 6.20. The van der Waals surface area contributed by atoms with Crippen molar-refractivity contribution in [3.05, 3.63) is 62.0 Å². The van der Waals surface area contributed by atoms with Crippen molar-refractivity contribution in [3.63, 3.8) is 0 Å². The van der Waals surface area contributed by atoms with E-state index < -0.39 is 6.04 Å². The van der Waals surface area contributed by atoms with Crippen LogP contribution in [0.25, 0.3) is 0 Å². The predicted molar refractivity (Wildman–Crippen MR) is 133 cm³/mol. The maximum Gasteiger partial charge on any atom is 0.261 e. The van der Waals surface area contributed by atoms with Crippen molar-refractivity contribution in [2.45, 2.75) is 59.2 Å². The van der Waals surface area contributed by atoms with Crippen molar-refractivity contribution < 1.29 is 14.3 Å². The number of ether oxygens (including phenoxy) is 1. The van der Waals surface area contributed by atoms with E-state index in [0.717, 1.165) is 15.6 Å². The zero-order chi connectivity index (χ0) is 24.0. The van der Waals surface area contributed by atoms with Gasteiger partial charge in [-0.25, -0.2) is 0 Å². The quantitative estimate of drug-likeness (QED) is 0.409. The normalized spacial score (nSPS) is 12.1. The first-order chi connectivity index (χ1) is 15.0. The van der Waals surface area contributed by atoms with Gasteiger partial charge < -0.3 is 15.0 Å². The van der Waals surface area contributed by atoms with Crippen LogP contribution in [0.3, 0.4) is 0 Å². The zero-order valence-corrected chi connectivity index (χ0v) is 22.0. The molecule has 0 saturated heterocycles. The molecule has 0 aliphatic rings. The highest BCUT2D eigenvalue weighted by Gasteiger charge is 2.27. The second-order valence-corrected chi connectivity index (χ2v) is 9.91. The average molecular weight is 544 g/mol. The van der Waals surface area contributed by atoms with Crippen LogP contribution in [0.15, 0.2) is 40.9 Å². The van der Waals surface area contributed by atoms with Crippen molar-refractivity contribution >= 4 is 50.9 Å². The summed E-state index contributed by atoms with van der Waals surface area (Å²) >= 11 is 15.7. The molecule has 8 heteroatoms. The second kappa shape index (κ2) is 11.9. The molecule has 0 aliphatic carbocycles. The Labute approximate surface area is 208 Å². The minimum Gasteiger partial charge on any atom is -0.483 e. The lowest BCUT2D eigenvalue weighted by Gasteiger charge is -2.29. The van der Waals surface area contributed by atoms with Gasteiger partial charge in [0.1, 0.15) is 11.8 Å². The van der Waals surface area contributed by atoms with E-state index >= 15 is 0 Å². The zero-order valence-electron chi connectivity index (χ0n) is 18.9. The number of nitrogens with zero attached hydrogens (tertiary/aromatic N) is 1. The number of benzene rings is 2. The standard InChI is InChI=1S/C24H29BrCl2N2O3/c1-14(2)18-7-9-22(19(25)11-18)32-13-23(30)29(16(5)24(31)28-15(3)4)12-17-6-8-20(26)21(27)10-17/h6-11,14-16H,12-13H2,1-5H3,(H,28,31)/t16-/m0/s1. The van der Waals surface area contributed by atoms with Crippen LogP contribution in [0.4, 0.5) is 0 Å². The highest BCUT2D eigenvalue weighted by Crippen LogP contribution is 2.29. The van der Waals surface area contributed by atoms with Crippen molar-refractivity contribution in [1.29, 1.82) is 0 Å². The molecule has 2 rings (SSSR count). The van der Waals surface area contributed by atoms with Gasteiger partial charge >= 0.3 is 0 Å². The van der Waals surface area contributed by atoms with Crippen molar-refractivity contribution in [3.8, 4) is 5.75 Å². The summed E-state index contributed by atoms with van der Waals surface area (Å²) in [6, 6.07) is 10.2. The molecular weight excluding hydrogens is 515 g/mol. The SMILES string of the molecule is CC(C)NC(=O)[C@H](C)N(Cc1ccc(Cl)c(Cl)c1)C(=O)COc1ccc(C(C)C)cc1Br. The van der Waals surface area contributed by atoms with Crippen LogP contribution in [0.2, 0.25) is 10.0 Å². The lowest BCUT2D eigenvalue weighted by atomic mass is 10.0. The number of hydrogen-bond acceptors (Lipinski definition) is 3. The highest BCUT2D eigenvalue weighted by atomic mass is 79.9. The average Bonchev–Trinajstić information content (AvgIpc) is 2.72. The molecule has 0 bridgehead atoms. The summed E-state index contributed by atoms with van der Waals surface area (Å²) in [5.41, 5.74) is 1.93. The number of halogens is 3. The molecule has 0 aromatic heterocycles.